The summed E-state index contributed by atoms with van der Waals surface area (Å²) in [5, 5.41) is 2.73. The number of amides is 1. The van der Waals surface area contributed by atoms with E-state index in [-0.39, 0.29) is 4.90 Å². The van der Waals surface area contributed by atoms with Crippen molar-refractivity contribution in [2.24, 2.45) is 0 Å². The molecule has 0 unspecified atom stereocenters. The van der Waals surface area contributed by atoms with Gasteiger partial charge in [0.05, 0.1) is 24.8 Å². The number of carbonyl (C=O) groups excluding carboxylic acids is 1. The highest BCUT2D eigenvalue weighted by Gasteiger charge is 2.28. The SMILES string of the molecule is COc1cccc(NC(=O)CN(c2cc(OC)ccc2C)S(=O)(=O)c2ccccc2)c1. The van der Waals surface area contributed by atoms with Crippen molar-refractivity contribution in [2.45, 2.75) is 11.8 Å². The van der Waals surface area contributed by atoms with E-state index in [1.54, 1.807) is 67.6 Å². The number of sulfonamides is 1. The molecule has 7 nitrogen and oxygen atoms in total. The number of hydrogen-bond acceptors (Lipinski definition) is 5. The molecule has 1 amide bonds. The van der Waals surface area contributed by atoms with Gasteiger partial charge in [-0.3, -0.25) is 9.10 Å². The average molecular weight is 441 g/mol. The monoisotopic (exact) mass is 440 g/mol. The molecule has 3 aromatic carbocycles. The fourth-order valence-corrected chi connectivity index (χ4v) is 4.53. The second-order valence-corrected chi connectivity index (χ2v) is 8.62. The predicted molar refractivity (Wildman–Crippen MR) is 120 cm³/mol. The highest BCUT2D eigenvalue weighted by Crippen LogP contribution is 2.30. The van der Waals surface area contributed by atoms with E-state index in [0.717, 1.165) is 4.31 Å². The Morgan fingerprint density at radius 2 is 1.58 bits per heavy atom. The van der Waals surface area contributed by atoms with Crippen LogP contribution in [-0.2, 0) is 14.8 Å². The van der Waals surface area contributed by atoms with Crippen molar-refractivity contribution >= 4 is 27.3 Å². The lowest BCUT2D eigenvalue weighted by atomic mass is 10.2. The highest BCUT2D eigenvalue weighted by molar-refractivity contribution is 7.92. The van der Waals surface area contributed by atoms with Gasteiger partial charge in [-0.15, -0.1) is 0 Å². The van der Waals surface area contributed by atoms with Crippen molar-refractivity contribution < 1.29 is 22.7 Å². The van der Waals surface area contributed by atoms with Gasteiger partial charge in [0.2, 0.25) is 5.91 Å². The Bertz CT molecular complexity index is 1160. The first-order chi connectivity index (χ1) is 14.8. The van der Waals surface area contributed by atoms with Crippen LogP contribution < -0.4 is 19.1 Å². The van der Waals surface area contributed by atoms with Crippen LogP contribution in [0.1, 0.15) is 5.56 Å². The summed E-state index contributed by atoms with van der Waals surface area (Å²) in [5.74, 6) is 0.576. The molecular weight excluding hydrogens is 416 g/mol. The number of nitrogens with zero attached hydrogens (tertiary/aromatic N) is 1. The Labute approximate surface area is 182 Å². The summed E-state index contributed by atoms with van der Waals surface area (Å²) in [7, 11) is -0.981. The standard InChI is InChI=1S/C23H24N2O5S/c1-17-12-13-20(30-3)15-22(17)25(31(27,28)21-10-5-4-6-11-21)16-23(26)24-18-8-7-9-19(14-18)29-2/h4-15H,16H2,1-3H3,(H,24,26). The number of aryl methyl sites for hydroxylation is 1. The van der Waals surface area contributed by atoms with E-state index in [1.165, 1.54) is 26.4 Å². The van der Waals surface area contributed by atoms with Crippen molar-refractivity contribution in [1.82, 2.24) is 0 Å². The van der Waals surface area contributed by atoms with E-state index < -0.39 is 22.5 Å². The molecule has 0 saturated carbocycles. The van der Waals surface area contributed by atoms with E-state index in [4.69, 9.17) is 9.47 Å². The Balaban J connectivity index is 1.99. The van der Waals surface area contributed by atoms with Crippen LogP contribution in [0.5, 0.6) is 11.5 Å². The minimum Gasteiger partial charge on any atom is -0.497 e. The molecule has 162 valence electrons. The minimum atomic E-state index is -4.01. The van der Waals surface area contributed by atoms with E-state index >= 15 is 0 Å². The van der Waals surface area contributed by atoms with E-state index in [0.29, 0.717) is 28.4 Å². The smallest absolute Gasteiger partial charge is 0.264 e. The lowest BCUT2D eigenvalue weighted by molar-refractivity contribution is -0.114. The molecule has 0 aliphatic rings. The normalized spacial score (nSPS) is 10.9. The fourth-order valence-electron chi connectivity index (χ4n) is 3.04. The van der Waals surface area contributed by atoms with Gasteiger partial charge in [-0.1, -0.05) is 30.3 Å². The maximum Gasteiger partial charge on any atom is 0.264 e. The van der Waals surface area contributed by atoms with Crippen LogP contribution in [0.3, 0.4) is 0 Å². The Kier molecular flexibility index (Phi) is 6.81. The molecule has 0 spiro atoms. The van der Waals surface area contributed by atoms with E-state index in [2.05, 4.69) is 5.32 Å². The molecule has 0 saturated heterocycles. The van der Waals surface area contributed by atoms with Crippen LogP contribution in [0.15, 0.2) is 77.7 Å². The number of ether oxygens (including phenoxy) is 2. The van der Waals surface area contributed by atoms with Crippen LogP contribution in [0.2, 0.25) is 0 Å². The molecule has 8 heteroatoms. The molecule has 0 atom stereocenters. The van der Waals surface area contributed by atoms with Gasteiger partial charge >= 0.3 is 0 Å². The van der Waals surface area contributed by atoms with E-state index in [9.17, 15) is 13.2 Å². The Morgan fingerprint density at radius 3 is 2.26 bits per heavy atom. The zero-order valence-corrected chi connectivity index (χ0v) is 18.3. The number of methoxy groups -OCH3 is 2. The third-order valence-corrected chi connectivity index (χ3v) is 6.43. The molecule has 3 aromatic rings. The van der Waals surface area contributed by atoms with Gasteiger partial charge < -0.3 is 14.8 Å². The highest BCUT2D eigenvalue weighted by atomic mass is 32.2. The largest absolute Gasteiger partial charge is 0.497 e. The quantitative estimate of drug-likeness (QED) is 0.575. The third kappa shape index (κ3) is 5.16. The Hall–Kier alpha value is -3.52. The van der Waals surface area contributed by atoms with Crippen LogP contribution in [0.4, 0.5) is 11.4 Å². The molecule has 0 bridgehead atoms. The number of carbonyl (C=O) groups is 1. The zero-order chi connectivity index (χ0) is 22.4. The molecule has 1 N–H and O–H groups in total. The topological polar surface area (TPSA) is 84.9 Å². The van der Waals surface area contributed by atoms with Crippen molar-refractivity contribution in [3.05, 3.63) is 78.4 Å². The second kappa shape index (κ2) is 9.53. The van der Waals surface area contributed by atoms with Gasteiger partial charge in [-0.2, -0.15) is 0 Å². The summed E-state index contributed by atoms with van der Waals surface area (Å²) in [5.41, 5.74) is 1.56. The molecule has 0 heterocycles. The van der Waals surface area contributed by atoms with Crippen LogP contribution in [-0.4, -0.2) is 35.1 Å². The lowest BCUT2D eigenvalue weighted by Crippen LogP contribution is -2.38. The number of rotatable bonds is 8. The van der Waals surface area contributed by atoms with Crippen LogP contribution >= 0.6 is 0 Å². The summed E-state index contributed by atoms with van der Waals surface area (Å²) >= 11 is 0. The first-order valence-electron chi connectivity index (χ1n) is 9.51. The number of benzene rings is 3. The third-order valence-electron chi connectivity index (χ3n) is 4.66. The van der Waals surface area contributed by atoms with E-state index in [1.807, 2.05) is 0 Å². The summed E-state index contributed by atoms with van der Waals surface area (Å²) in [6, 6.07) is 19.9. The van der Waals surface area contributed by atoms with Crippen LogP contribution in [0.25, 0.3) is 0 Å². The van der Waals surface area contributed by atoms with Gasteiger partial charge in [-0.05, 0) is 42.8 Å². The van der Waals surface area contributed by atoms with Gasteiger partial charge in [0.1, 0.15) is 18.0 Å². The van der Waals surface area contributed by atoms with Gasteiger partial charge in [0.25, 0.3) is 10.0 Å². The van der Waals surface area contributed by atoms with Gasteiger partial charge in [0, 0.05) is 17.8 Å². The van der Waals surface area contributed by atoms with Crippen molar-refractivity contribution in [3.8, 4) is 11.5 Å². The molecule has 3 rings (SSSR count). The molecule has 0 aliphatic carbocycles. The summed E-state index contributed by atoms with van der Waals surface area (Å²) in [6.07, 6.45) is 0. The summed E-state index contributed by atoms with van der Waals surface area (Å²) in [4.78, 5) is 12.9. The van der Waals surface area contributed by atoms with Crippen molar-refractivity contribution in [3.63, 3.8) is 0 Å². The lowest BCUT2D eigenvalue weighted by Gasteiger charge is -2.26. The second-order valence-electron chi connectivity index (χ2n) is 6.76. The number of anilines is 2. The molecule has 0 aliphatic heterocycles. The predicted octanol–water partition coefficient (Wildman–Crippen LogP) is 3.85. The molecule has 0 fully saturated rings. The van der Waals surface area contributed by atoms with Gasteiger partial charge in [-0.25, -0.2) is 8.42 Å². The number of hydrogen-bond donors (Lipinski definition) is 1. The fraction of sp³-hybridized carbons (Fsp3) is 0.174. The average Bonchev–Trinajstić information content (AvgIpc) is 2.78. The Morgan fingerprint density at radius 1 is 0.903 bits per heavy atom. The zero-order valence-electron chi connectivity index (χ0n) is 17.5. The molecular formula is C23H24N2O5S. The maximum absolute atomic E-state index is 13.5. The maximum atomic E-state index is 13.5. The van der Waals surface area contributed by atoms with Crippen molar-refractivity contribution in [2.75, 3.05) is 30.4 Å². The summed E-state index contributed by atoms with van der Waals surface area (Å²) in [6.45, 7) is 1.37. The molecule has 0 aromatic heterocycles. The van der Waals surface area contributed by atoms with Crippen LogP contribution in [0, 0.1) is 6.92 Å². The molecule has 31 heavy (non-hydrogen) atoms. The van der Waals surface area contributed by atoms with Gasteiger partial charge in [0.15, 0.2) is 0 Å². The first-order valence-corrected chi connectivity index (χ1v) is 11.0. The molecule has 0 radical (unpaired) electrons. The number of nitrogens with one attached hydrogen (secondary N) is 1. The first kappa shape index (κ1) is 22.2. The summed E-state index contributed by atoms with van der Waals surface area (Å²) < 4.78 is 38.4. The van der Waals surface area contributed by atoms with Crippen molar-refractivity contribution in [1.29, 1.82) is 0 Å². The minimum absolute atomic E-state index is 0.0893.